The van der Waals surface area contributed by atoms with Crippen LogP contribution >= 0.6 is 0 Å². The SMILES string of the molecule is COc1cnc(COc2ccc(F)c(F)c2)cc1-c1cc2c([nH]1)CC=NC2=O. The highest BCUT2D eigenvalue weighted by Crippen LogP contribution is 2.32. The van der Waals surface area contributed by atoms with Crippen molar-refractivity contribution in [3.63, 3.8) is 0 Å². The molecule has 0 saturated carbocycles. The van der Waals surface area contributed by atoms with Crippen LogP contribution in [0.1, 0.15) is 21.7 Å². The van der Waals surface area contributed by atoms with Gasteiger partial charge in [-0.3, -0.25) is 9.78 Å². The molecule has 1 aliphatic rings. The van der Waals surface area contributed by atoms with Crippen LogP contribution in [0.15, 0.2) is 41.5 Å². The maximum atomic E-state index is 13.3. The highest BCUT2D eigenvalue weighted by atomic mass is 19.2. The van der Waals surface area contributed by atoms with Gasteiger partial charge in [-0.05, 0) is 24.3 Å². The molecule has 3 heterocycles. The maximum Gasteiger partial charge on any atom is 0.278 e. The van der Waals surface area contributed by atoms with E-state index in [9.17, 15) is 13.6 Å². The molecule has 0 atom stereocenters. The summed E-state index contributed by atoms with van der Waals surface area (Å²) < 4.78 is 37.2. The highest BCUT2D eigenvalue weighted by molar-refractivity contribution is 6.04. The van der Waals surface area contributed by atoms with Crippen LogP contribution in [0.2, 0.25) is 0 Å². The van der Waals surface area contributed by atoms with E-state index in [1.165, 1.54) is 19.4 Å². The van der Waals surface area contributed by atoms with Crippen molar-refractivity contribution in [3.05, 3.63) is 65.1 Å². The van der Waals surface area contributed by atoms with Crippen molar-refractivity contribution in [1.82, 2.24) is 9.97 Å². The number of hydrogen-bond donors (Lipinski definition) is 1. The average Bonchev–Trinajstić information content (AvgIpc) is 3.14. The Bertz CT molecular complexity index is 1090. The van der Waals surface area contributed by atoms with E-state index in [4.69, 9.17) is 9.47 Å². The zero-order chi connectivity index (χ0) is 19.7. The molecule has 2 aromatic heterocycles. The molecule has 0 spiro atoms. The molecule has 0 radical (unpaired) electrons. The number of pyridine rings is 1. The summed E-state index contributed by atoms with van der Waals surface area (Å²) in [7, 11) is 1.52. The summed E-state index contributed by atoms with van der Waals surface area (Å²) in [5.41, 5.74) is 3.25. The predicted molar refractivity (Wildman–Crippen MR) is 97.8 cm³/mol. The van der Waals surface area contributed by atoms with Crippen molar-refractivity contribution in [3.8, 4) is 22.8 Å². The number of amides is 1. The first-order valence-corrected chi connectivity index (χ1v) is 8.45. The van der Waals surface area contributed by atoms with Gasteiger partial charge in [0.1, 0.15) is 18.1 Å². The number of benzene rings is 1. The van der Waals surface area contributed by atoms with Gasteiger partial charge >= 0.3 is 0 Å². The number of halogens is 2. The Kier molecular flexibility index (Phi) is 4.60. The molecule has 0 bridgehead atoms. The van der Waals surface area contributed by atoms with Gasteiger partial charge in [0.2, 0.25) is 0 Å². The Balaban J connectivity index is 1.61. The van der Waals surface area contributed by atoms with Crippen LogP contribution in [-0.4, -0.2) is 29.2 Å². The van der Waals surface area contributed by atoms with Crippen molar-refractivity contribution in [2.75, 3.05) is 7.11 Å². The minimum absolute atomic E-state index is 0.0462. The van der Waals surface area contributed by atoms with Crippen molar-refractivity contribution in [2.45, 2.75) is 13.0 Å². The number of fused-ring (bicyclic) bond motifs is 1. The van der Waals surface area contributed by atoms with Crippen LogP contribution in [0.5, 0.6) is 11.5 Å². The molecular formula is C20H15F2N3O3. The molecule has 0 aliphatic carbocycles. The van der Waals surface area contributed by atoms with Gasteiger partial charge in [-0.2, -0.15) is 0 Å². The highest BCUT2D eigenvalue weighted by Gasteiger charge is 2.20. The van der Waals surface area contributed by atoms with Crippen molar-refractivity contribution < 1.29 is 23.0 Å². The molecule has 142 valence electrons. The van der Waals surface area contributed by atoms with Crippen molar-refractivity contribution in [2.24, 2.45) is 4.99 Å². The lowest BCUT2D eigenvalue weighted by Crippen LogP contribution is -2.05. The van der Waals surface area contributed by atoms with Gasteiger partial charge in [0.25, 0.3) is 5.91 Å². The third-order valence-electron chi connectivity index (χ3n) is 4.35. The summed E-state index contributed by atoms with van der Waals surface area (Å²) in [5, 5.41) is 0. The van der Waals surface area contributed by atoms with Crippen LogP contribution in [0.4, 0.5) is 8.78 Å². The number of ether oxygens (including phenoxy) is 2. The molecule has 0 fully saturated rings. The number of nitrogens with zero attached hydrogens (tertiary/aromatic N) is 2. The third kappa shape index (κ3) is 3.36. The van der Waals surface area contributed by atoms with E-state index in [1.807, 2.05) is 0 Å². The first-order valence-electron chi connectivity index (χ1n) is 8.45. The lowest BCUT2D eigenvalue weighted by atomic mass is 10.1. The minimum atomic E-state index is -0.982. The van der Waals surface area contributed by atoms with E-state index in [2.05, 4.69) is 15.0 Å². The van der Waals surface area contributed by atoms with E-state index in [-0.39, 0.29) is 18.3 Å². The first-order chi connectivity index (χ1) is 13.5. The lowest BCUT2D eigenvalue weighted by Gasteiger charge is -2.10. The zero-order valence-corrected chi connectivity index (χ0v) is 14.8. The largest absolute Gasteiger partial charge is 0.494 e. The number of carbonyl (C=O) groups is 1. The number of rotatable bonds is 5. The standard InChI is InChI=1S/C20H15F2N3O3/c1-27-19-9-24-11(10-28-12-2-3-15(21)16(22)7-12)6-13(19)18-8-14-17(25-18)4-5-23-20(14)26/h2-3,5-9,25H,4,10H2,1H3. The number of H-pyrrole nitrogens is 1. The number of aromatic amines is 1. The summed E-state index contributed by atoms with van der Waals surface area (Å²) in [6.07, 6.45) is 3.65. The van der Waals surface area contributed by atoms with Gasteiger partial charge in [-0.1, -0.05) is 0 Å². The van der Waals surface area contributed by atoms with E-state index >= 15 is 0 Å². The number of hydrogen-bond acceptors (Lipinski definition) is 4. The van der Waals surface area contributed by atoms with Crippen molar-refractivity contribution >= 4 is 12.1 Å². The fraction of sp³-hybridized carbons (Fsp3) is 0.150. The van der Waals surface area contributed by atoms with Gasteiger partial charge in [-0.25, -0.2) is 13.8 Å². The second kappa shape index (κ2) is 7.22. The Labute approximate surface area is 158 Å². The summed E-state index contributed by atoms with van der Waals surface area (Å²) in [6.45, 7) is 0.0462. The molecule has 28 heavy (non-hydrogen) atoms. The third-order valence-corrected chi connectivity index (χ3v) is 4.35. The minimum Gasteiger partial charge on any atom is -0.494 e. The number of aromatic nitrogens is 2. The van der Waals surface area contributed by atoms with Gasteiger partial charge in [0.05, 0.1) is 30.3 Å². The molecule has 3 aromatic rings. The smallest absolute Gasteiger partial charge is 0.278 e. The molecule has 6 nitrogen and oxygen atoms in total. The fourth-order valence-electron chi connectivity index (χ4n) is 2.95. The van der Waals surface area contributed by atoms with Crippen LogP contribution in [-0.2, 0) is 13.0 Å². The molecule has 1 amide bonds. The van der Waals surface area contributed by atoms with Crippen LogP contribution in [0.25, 0.3) is 11.3 Å². The summed E-state index contributed by atoms with van der Waals surface area (Å²) >= 11 is 0. The van der Waals surface area contributed by atoms with Gasteiger partial charge in [0.15, 0.2) is 11.6 Å². The van der Waals surface area contributed by atoms with E-state index in [0.29, 0.717) is 34.7 Å². The monoisotopic (exact) mass is 383 g/mol. The van der Waals surface area contributed by atoms with Crippen LogP contribution in [0.3, 0.4) is 0 Å². The topological polar surface area (TPSA) is 76.6 Å². The Hall–Kier alpha value is -3.55. The molecule has 0 saturated heterocycles. The van der Waals surface area contributed by atoms with E-state index < -0.39 is 11.6 Å². The molecule has 4 rings (SSSR count). The molecule has 1 aromatic carbocycles. The number of methoxy groups -OCH3 is 1. The van der Waals surface area contributed by atoms with Gasteiger partial charge < -0.3 is 14.5 Å². The normalized spacial score (nSPS) is 12.8. The zero-order valence-electron chi connectivity index (χ0n) is 14.8. The molecule has 1 N–H and O–H groups in total. The quantitative estimate of drug-likeness (QED) is 0.729. The Morgan fingerprint density at radius 1 is 1.14 bits per heavy atom. The number of aliphatic imine (C=N–C) groups is 1. The molecule has 1 aliphatic heterocycles. The van der Waals surface area contributed by atoms with Gasteiger partial charge in [0, 0.05) is 30.0 Å². The first kappa shape index (κ1) is 17.8. The fourth-order valence-corrected chi connectivity index (χ4v) is 2.95. The summed E-state index contributed by atoms with van der Waals surface area (Å²) in [5.74, 6) is -1.51. The Morgan fingerprint density at radius 3 is 2.75 bits per heavy atom. The van der Waals surface area contributed by atoms with E-state index in [0.717, 1.165) is 17.8 Å². The average molecular weight is 383 g/mol. The summed E-state index contributed by atoms with van der Waals surface area (Å²) in [4.78, 5) is 23.2. The van der Waals surface area contributed by atoms with Crippen LogP contribution < -0.4 is 9.47 Å². The molecule has 8 heteroatoms. The summed E-state index contributed by atoms with van der Waals surface area (Å²) in [6, 6.07) is 6.80. The maximum absolute atomic E-state index is 13.3. The Morgan fingerprint density at radius 2 is 2.00 bits per heavy atom. The predicted octanol–water partition coefficient (Wildman–Crippen LogP) is 3.71. The molecular weight excluding hydrogens is 368 g/mol. The second-order valence-corrected chi connectivity index (χ2v) is 6.14. The lowest BCUT2D eigenvalue weighted by molar-refractivity contribution is 0.100. The van der Waals surface area contributed by atoms with E-state index in [1.54, 1.807) is 18.3 Å². The number of nitrogens with one attached hydrogen (secondary N) is 1. The second-order valence-electron chi connectivity index (χ2n) is 6.14. The number of carbonyl (C=O) groups excluding carboxylic acids is 1. The van der Waals surface area contributed by atoms with Crippen molar-refractivity contribution in [1.29, 1.82) is 0 Å². The van der Waals surface area contributed by atoms with Crippen LogP contribution in [0, 0.1) is 11.6 Å². The molecule has 0 unspecified atom stereocenters. The van der Waals surface area contributed by atoms with Gasteiger partial charge in [-0.15, -0.1) is 0 Å².